The molecule has 6 heteroatoms. The molecule has 0 radical (unpaired) electrons. The molecule has 25 heavy (non-hydrogen) atoms. The lowest BCUT2D eigenvalue weighted by Crippen LogP contribution is -2.37. The molecule has 1 aromatic carbocycles. The van der Waals surface area contributed by atoms with E-state index >= 15 is 0 Å². The van der Waals surface area contributed by atoms with Gasteiger partial charge in [0.25, 0.3) is 0 Å². The van der Waals surface area contributed by atoms with Gasteiger partial charge in [-0.25, -0.2) is 4.99 Å². The van der Waals surface area contributed by atoms with Crippen LogP contribution < -0.4 is 20.5 Å². The zero-order chi connectivity index (χ0) is 17.8. The summed E-state index contributed by atoms with van der Waals surface area (Å²) in [7, 11) is 1.67. The number of methoxy groups -OCH3 is 1. The number of aryl methyl sites for hydroxylation is 1. The fraction of sp³-hybridized carbons (Fsp3) is 0.368. The van der Waals surface area contributed by atoms with Crippen molar-refractivity contribution in [2.45, 2.75) is 32.9 Å². The Bertz CT molecular complexity index is 789. The second-order valence-electron chi connectivity index (χ2n) is 6.12. The third-order valence-corrected chi connectivity index (χ3v) is 4.43. The van der Waals surface area contributed by atoms with Gasteiger partial charge < -0.3 is 20.5 Å². The third kappa shape index (κ3) is 3.68. The number of pyridine rings is 1. The predicted molar refractivity (Wildman–Crippen MR) is 98.0 cm³/mol. The second-order valence-corrected chi connectivity index (χ2v) is 6.12. The number of benzene rings is 1. The number of hydrogen-bond donors (Lipinski definition) is 2. The number of aliphatic imine (C=N–C) groups is 1. The van der Waals surface area contributed by atoms with Crippen LogP contribution in [-0.2, 0) is 6.54 Å². The summed E-state index contributed by atoms with van der Waals surface area (Å²) in [5.41, 5.74) is 10.1. The van der Waals surface area contributed by atoms with Gasteiger partial charge in [0.2, 0.25) is 0 Å². The standard InChI is InChI=1S/C19H24N4O2/c1-12-10-21-16(13(2)18(12)24-3)11-22-19(20)23-15-8-9-25-17-7-5-4-6-14(15)17/h4-7,10,15H,8-9,11H2,1-3H3,(H3,20,22,23). The van der Waals surface area contributed by atoms with Gasteiger partial charge in [-0.2, -0.15) is 0 Å². The van der Waals surface area contributed by atoms with E-state index in [1.165, 1.54) is 0 Å². The number of aromatic nitrogens is 1. The summed E-state index contributed by atoms with van der Waals surface area (Å²) >= 11 is 0. The average molecular weight is 340 g/mol. The molecule has 0 fully saturated rings. The number of nitrogens with one attached hydrogen (secondary N) is 1. The van der Waals surface area contributed by atoms with Gasteiger partial charge in [-0.3, -0.25) is 4.98 Å². The van der Waals surface area contributed by atoms with Crippen molar-refractivity contribution in [1.82, 2.24) is 10.3 Å². The van der Waals surface area contributed by atoms with Crippen molar-refractivity contribution < 1.29 is 9.47 Å². The molecule has 1 aromatic heterocycles. The maximum Gasteiger partial charge on any atom is 0.189 e. The average Bonchev–Trinajstić information content (AvgIpc) is 2.62. The van der Waals surface area contributed by atoms with E-state index in [-0.39, 0.29) is 6.04 Å². The molecular weight excluding hydrogens is 316 g/mol. The lowest BCUT2D eigenvalue weighted by molar-refractivity contribution is 0.262. The van der Waals surface area contributed by atoms with E-state index in [1.54, 1.807) is 13.3 Å². The first-order valence-electron chi connectivity index (χ1n) is 8.37. The number of rotatable bonds is 4. The minimum atomic E-state index is 0.107. The Kier molecular flexibility index (Phi) is 5.07. The Morgan fingerprint density at radius 2 is 2.20 bits per heavy atom. The molecule has 1 aliphatic heterocycles. The zero-order valence-corrected chi connectivity index (χ0v) is 14.9. The number of fused-ring (bicyclic) bond motifs is 1. The van der Waals surface area contributed by atoms with Crippen LogP contribution in [0.15, 0.2) is 35.5 Å². The molecule has 0 amide bonds. The van der Waals surface area contributed by atoms with Crippen LogP contribution in [0.25, 0.3) is 0 Å². The molecule has 0 aliphatic carbocycles. The van der Waals surface area contributed by atoms with Crippen molar-refractivity contribution in [2.75, 3.05) is 13.7 Å². The highest BCUT2D eigenvalue weighted by Gasteiger charge is 2.21. The number of hydrogen-bond acceptors (Lipinski definition) is 4. The topological polar surface area (TPSA) is 81.8 Å². The van der Waals surface area contributed by atoms with Gasteiger partial charge in [0.05, 0.1) is 32.0 Å². The van der Waals surface area contributed by atoms with Crippen LogP contribution >= 0.6 is 0 Å². The molecule has 0 spiro atoms. The molecule has 1 unspecified atom stereocenters. The van der Waals surface area contributed by atoms with Gasteiger partial charge in [-0.15, -0.1) is 0 Å². The molecule has 1 atom stereocenters. The molecular formula is C19H24N4O2. The Balaban J connectivity index is 1.72. The van der Waals surface area contributed by atoms with E-state index in [0.717, 1.165) is 40.3 Å². The molecule has 0 bridgehead atoms. The van der Waals surface area contributed by atoms with E-state index in [4.69, 9.17) is 15.2 Å². The molecule has 0 saturated heterocycles. The lowest BCUT2D eigenvalue weighted by atomic mass is 10.0. The van der Waals surface area contributed by atoms with Crippen LogP contribution in [-0.4, -0.2) is 24.7 Å². The van der Waals surface area contributed by atoms with E-state index in [1.807, 2.05) is 32.0 Å². The summed E-state index contributed by atoms with van der Waals surface area (Å²) in [6.45, 7) is 5.04. The normalized spacial score (nSPS) is 16.8. The molecule has 132 valence electrons. The second kappa shape index (κ2) is 7.42. The van der Waals surface area contributed by atoms with Crippen LogP contribution in [0.4, 0.5) is 0 Å². The molecule has 0 saturated carbocycles. The van der Waals surface area contributed by atoms with Gasteiger partial charge >= 0.3 is 0 Å². The summed E-state index contributed by atoms with van der Waals surface area (Å²) in [4.78, 5) is 8.90. The highest BCUT2D eigenvalue weighted by Crippen LogP contribution is 2.31. The SMILES string of the molecule is COc1c(C)cnc(CN=C(N)NC2CCOc3ccccc32)c1C. The number of para-hydroxylation sites is 1. The van der Waals surface area contributed by atoms with Crippen molar-refractivity contribution in [3.63, 3.8) is 0 Å². The van der Waals surface area contributed by atoms with Gasteiger partial charge in [0, 0.05) is 29.3 Å². The van der Waals surface area contributed by atoms with Crippen LogP contribution in [0.1, 0.15) is 34.8 Å². The van der Waals surface area contributed by atoms with Crippen molar-refractivity contribution in [2.24, 2.45) is 10.7 Å². The smallest absolute Gasteiger partial charge is 0.189 e. The van der Waals surface area contributed by atoms with Crippen molar-refractivity contribution in [3.05, 3.63) is 52.8 Å². The van der Waals surface area contributed by atoms with Crippen molar-refractivity contribution in [3.8, 4) is 11.5 Å². The Morgan fingerprint density at radius 1 is 1.40 bits per heavy atom. The Hall–Kier alpha value is -2.76. The van der Waals surface area contributed by atoms with Crippen LogP contribution in [0.5, 0.6) is 11.5 Å². The number of ether oxygens (including phenoxy) is 2. The minimum absolute atomic E-state index is 0.107. The van der Waals surface area contributed by atoms with E-state index in [9.17, 15) is 0 Å². The number of guanidine groups is 1. The Labute approximate surface area is 148 Å². The summed E-state index contributed by atoms with van der Waals surface area (Å²) in [5.74, 6) is 2.16. The number of nitrogens with zero attached hydrogens (tertiary/aromatic N) is 2. The molecule has 3 N–H and O–H groups in total. The fourth-order valence-electron chi connectivity index (χ4n) is 3.11. The Morgan fingerprint density at radius 3 is 3.00 bits per heavy atom. The monoisotopic (exact) mass is 340 g/mol. The van der Waals surface area contributed by atoms with Gasteiger partial charge in [0.1, 0.15) is 11.5 Å². The van der Waals surface area contributed by atoms with Crippen LogP contribution in [0, 0.1) is 13.8 Å². The maximum atomic E-state index is 6.10. The van der Waals surface area contributed by atoms with Crippen LogP contribution in [0.2, 0.25) is 0 Å². The lowest BCUT2D eigenvalue weighted by Gasteiger charge is -2.26. The first kappa shape index (κ1) is 17.1. The fourth-order valence-corrected chi connectivity index (χ4v) is 3.11. The van der Waals surface area contributed by atoms with Gasteiger partial charge in [-0.1, -0.05) is 18.2 Å². The zero-order valence-electron chi connectivity index (χ0n) is 14.9. The van der Waals surface area contributed by atoms with E-state index in [2.05, 4.69) is 21.4 Å². The molecule has 1 aliphatic rings. The quantitative estimate of drug-likeness (QED) is 0.660. The first-order chi connectivity index (χ1) is 12.1. The molecule has 2 aromatic rings. The van der Waals surface area contributed by atoms with E-state index in [0.29, 0.717) is 19.1 Å². The first-order valence-corrected chi connectivity index (χ1v) is 8.37. The van der Waals surface area contributed by atoms with Crippen LogP contribution in [0.3, 0.4) is 0 Å². The van der Waals surface area contributed by atoms with Crippen molar-refractivity contribution >= 4 is 5.96 Å². The molecule has 3 rings (SSSR count). The van der Waals surface area contributed by atoms with E-state index < -0.39 is 0 Å². The largest absolute Gasteiger partial charge is 0.496 e. The van der Waals surface area contributed by atoms with Gasteiger partial charge in [0.15, 0.2) is 5.96 Å². The van der Waals surface area contributed by atoms with Crippen molar-refractivity contribution in [1.29, 1.82) is 0 Å². The highest BCUT2D eigenvalue weighted by atomic mass is 16.5. The molecule has 6 nitrogen and oxygen atoms in total. The highest BCUT2D eigenvalue weighted by molar-refractivity contribution is 5.78. The van der Waals surface area contributed by atoms with Gasteiger partial charge in [-0.05, 0) is 19.9 Å². The summed E-state index contributed by atoms with van der Waals surface area (Å²) in [5, 5.41) is 3.29. The summed E-state index contributed by atoms with van der Waals surface area (Å²) in [6, 6.07) is 8.10. The summed E-state index contributed by atoms with van der Waals surface area (Å²) in [6.07, 6.45) is 2.65. The minimum Gasteiger partial charge on any atom is -0.496 e. The third-order valence-electron chi connectivity index (χ3n) is 4.43. The maximum absolute atomic E-state index is 6.10. The summed E-state index contributed by atoms with van der Waals surface area (Å²) < 4.78 is 11.1. The number of nitrogens with two attached hydrogens (primary N) is 1. The molecule has 2 heterocycles. The predicted octanol–water partition coefficient (Wildman–Crippen LogP) is 2.64.